The first kappa shape index (κ1) is 10.6. The van der Waals surface area contributed by atoms with Crippen LogP contribution in [0, 0.1) is 0 Å². The number of aromatic nitrogens is 2. The standard InChI is InChI=1S/C10H17N3O2/c11-9(5-14)10-4-12-7-13(10)8-2-1-3-15-6-8/h4,7-9,14H,1-3,5-6,11H2. The molecule has 2 unspecified atom stereocenters. The number of rotatable bonds is 3. The predicted molar refractivity (Wildman–Crippen MR) is 55.3 cm³/mol. The summed E-state index contributed by atoms with van der Waals surface area (Å²) in [6.07, 6.45) is 5.64. The molecule has 1 aromatic rings. The van der Waals surface area contributed by atoms with E-state index in [4.69, 9.17) is 15.6 Å². The lowest BCUT2D eigenvalue weighted by atomic mass is 10.1. The van der Waals surface area contributed by atoms with Gasteiger partial charge in [0.15, 0.2) is 0 Å². The van der Waals surface area contributed by atoms with Crippen molar-refractivity contribution in [3.8, 4) is 0 Å². The summed E-state index contributed by atoms with van der Waals surface area (Å²) in [7, 11) is 0. The second-order valence-electron chi connectivity index (χ2n) is 3.89. The van der Waals surface area contributed by atoms with Crippen molar-refractivity contribution in [2.75, 3.05) is 19.8 Å². The van der Waals surface area contributed by atoms with Crippen LogP contribution < -0.4 is 5.73 Å². The number of nitrogens with two attached hydrogens (primary N) is 1. The number of imidazole rings is 1. The third-order valence-electron chi connectivity index (χ3n) is 2.80. The zero-order valence-electron chi connectivity index (χ0n) is 8.67. The summed E-state index contributed by atoms with van der Waals surface area (Å²) in [6.45, 7) is 1.49. The Morgan fingerprint density at radius 3 is 3.27 bits per heavy atom. The van der Waals surface area contributed by atoms with E-state index in [1.165, 1.54) is 0 Å². The van der Waals surface area contributed by atoms with Gasteiger partial charge in [0, 0.05) is 12.8 Å². The first-order valence-electron chi connectivity index (χ1n) is 5.29. The Morgan fingerprint density at radius 2 is 2.60 bits per heavy atom. The number of aliphatic hydroxyl groups excluding tert-OH is 1. The normalized spacial score (nSPS) is 24.0. The Hall–Kier alpha value is -0.910. The largest absolute Gasteiger partial charge is 0.394 e. The molecular formula is C10H17N3O2. The molecule has 1 aromatic heterocycles. The zero-order valence-corrected chi connectivity index (χ0v) is 8.67. The van der Waals surface area contributed by atoms with Crippen LogP contribution in [0.15, 0.2) is 12.5 Å². The van der Waals surface area contributed by atoms with Crippen molar-refractivity contribution in [3.63, 3.8) is 0 Å². The van der Waals surface area contributed by atoms with Gasteiger partial charge in [0.25, 0.3) is 0 Å². The number of hydrogen-bond donors (Lipinski definition) is 2. The van der Waals surface area contributed by atoms with E-state index in [1.807, 2.05) is 4.57 Å². The fourth-order valence-corrected chi connectivity index (χ4v) is 1.94. The SMILES string of the molecule is NC(CO)c1cncn1C1CCCOC1. The summed E-state index contributed by atoms with van der Waals surface area (Å²) >= 11 is 0. The minimum Gasteiger partial charge on any atom is -0.394 e. The Bertz CT molecular complexity index is 307. The molecule has 0 amide bonds. The van der Waals surface area contributed by atoms with Gasteiger partial charge in [0.2, 0.25) is 0 Å². The fraction of sp³-hybridized carbons (Fsp3) is 0.700. The summed E-state index contributed by atoms with van der Waals surface area (Å²) in [4.78, 5) is 4.08. The lowest BCUT2D eigenvalue weighted by Crippen LogP contribution is -2.26. The van der Waals surface area contributed by atoms with Gasteiger partial charge < -0.3 is 20.1 Å². The van der Waals surface area contributed by atoms with Crippen molar-refractivity contribution in [1.29, 1.82) is 0 Å². The predicted octanol–water partition coefficient (Wildman–Crippen LogP) is 0.227. The topological polar surface area (TPSA) is 73.3 Å². The van der Waals surface area contributed by atoms with Crippen LogP contribution in [0.25, 0.3) is 0 Å². The van der Waals surface area contributed by atoms with Gasteiger partial charge in [-0.3, -0.25) is 0 Å². The smallest absolute Gasteiger partial charge is 0.0952 e. The van der Waals surface area contributed by atoms with Crippen LogP contribution in [-0.2, 0) is 4.74 Å². The molecule has 0 radical (unpaired) electrons. The van der Waals surface area contributed by atoms with Gasteiger partial charge in [-0.1, -0.05) is 0 Å². The molecule has 1 saturated heterocycles. The highest BCUT2D eigenvalue weighted by Crippen LogP contribution is 2.23. The highest BCUT2D eigenvalue weighted by Gasteiger charge is 2.20. The van der Waals surface area contributed by atoms with E-state index < -0.39 is 0 Å². The maximum atomic E-state index is 9.03. The Kier molecular flexibility index (Phi) is 3.35. The van der Waals surface area contributed by atoms with Crippen molar-refractivity contribution < 1.29 is 9.84 Å². The molecule has 0 aliphatic carbocycles. The van der Waals surface area contributed by atoms with E-state index in [0.29, 0.717) is 12.6 Å². The molecule has 0 spiro atoms. The zero-order chi connectivity index (χ0) is 10.7. The molecule has 1 aliphatic heterocycles. The lowest BCUT2D eigenvalue weighted by molar-refractivity contribution is 0.0575. The van der Waals surface area contributed by atoms with Crippen LogP contribution in [-0.4, -0.2) is 34.5 Å². The molecule has 2 atom stereocenters. The molecule has 0 aromatic carbocycles. The highest BCUT2D eigenvalue weighted by molar-refractivity contribution is 5.06. The van der Waals surface area contributed by atoms with Gasteiger partial charge in [-0.15, -0.1) is 0 Å². The van der Waals surface area contributed by atoms with E-state index in [0.717, 1.165) is 25.1 Å². The number of ether oxygens (including phenoxy) is 1. The summed E-state index contributed by atoms with van der Waals surface area (Å²) in [6, 6.07) is -0.0386. The van der Waals surface area contributed by atoms with Crippen molar-refractivity contribution in [2.45, 2.75) is 24.9 Å². The third-order valence-corrected chi connectivity index (χ3v) is 2.80. The number of nitrogens with zero attached hydrogens (tertiary/aromatic N) is 2. The Labute approximate surface area is 88.9 Å². The van der Waals surface area contributed by atoms with Crippen molar-refractivity contribution in [1.82, 2.24) is 9.55 Å². The van der Waals surface area contributed by atoms with E-state index in [-0.39, 0.29) is 12.6 Å². The van der Waals surface area contributed by atoms with Crippen LogP contribution in [0.1, 0.15) is 30.6 Å². The van der Waals surface area contributed by atoms with Crippen LogP contribution >= 0.6 is 0 Å². The van der Waals surface area contributed by atoms with Crippen LogP contribution in [0.2, 0.25) is 0 Å². The van der Waals surface area contributed by atoms with Crippen molar-refractivity contribution >= 4 is 0 Å². The molecule has 1 aliphatic rings. The van der Waals surface area contributed by atoms with E-state index in [9.17, 15) is 0 Å². The van der Waals surface area contributed by atoms with Gasteiger partial charge in [-0.2, -0.15) is 0 Å². The molecule has 84 valence electrons. The van der Waals surface area contributed by atoms with Gasteiger partial charge in [-0.05, 0) is 12.8 Å². The molecule has 3 N–H and O–H groups in total. The number of hydrogen-bond acceptors (Lipinski definition) is 4. The highest BCUT2D eigenvalue weighted by atomic mass is 16.5. The Balaban J connectivity index is 2.15. The molecule has 0 saturated carbocycles. The average molecular weight is 211 g/mol. The average Bonchev–Trinajstić information content (AvgIpc) is 2.78. The maximum Gasteiger partial charge on any atom is 0.0952 e. The summed E-state index contributed by atoms with van der Waals surface area (Å²) < 4.78 is 7.45. The van der Waals surface area contributed by atoms with Crippen LogP contribution in [0.4, 0.5) is 0 Å². The molecular weight excluding hydrogens is 194 g/mol. The molecule has 0 bridgehead atoms. The summed E-state index contributed by atoms with van der Waals surface area (Å²) in [5, 5.41) is 9.03. The van der Waals surface area contributed by atoms with Crippen molar-refractivity contribution in [2.24, 2.45) is 5.73 Å². The van der Waals surface area contributed by atoms with Gasteiger partial charge in [0.05, 0.1) is 37.3 Å². The minimum absolute atomic E-state index is 0.0563. The van der Waals surface area contributed by atoms with Gasteiger partial charge in [0.1, 0.15) is 0 Å². The van der Waals surface area contributed by atoms with E-state index in [1.54, 1.807) is 12.5 Å². The molecule has 1 fully saturated rings. The number of aliphatic hydroxyl groups is 1. The molecule has 5 heteroatoms. The molecule has 5 nitrogen and oxygen atoms in total. The maximum absolute atomic E-state index is 9.03. The molecule has 15 heavy (non-hydrogen) atoms. The first-order valence-corrected chi connectivity index (χ1v) is 5.29. The van der Waals surface area contributed by atoms with Gasteiger partial charge >= 0.3 is 0 Å². The van der Waals surface area contributed by atoms with Crippen molar-refractivity contribution in [3.05, 3.63) is 18.2 Å². The van der Waals surface area contributed by atoms with E-state index >= 15 is 0 Å². The van der Waals surface area contributed by atoms with Crippen LogP contribution in [0.5, 0.6) is 0 Å². The monoisotopic (exact) mass is 211 g/mol. The van der Waals surface area contributed by atoms with E-state index in [2.05, 4.69) is 4.98 Å². The second-order valence-corrected chi connectivity index (χ2v) is 3.89. The molecule has 2 rings (SSSR count). The first-order chi connectivity index (χ1) is 7.33. The quantitative estimate of drug-likeness (QED) is 0.750. The molecule has 2 heterocycles. The van der Waals surface area contributed by atoms with Gasteiger partial charge in [-0.25, -0.2) is 4.98 Å². The summed E-state index contributed by atoms with van der Waals surface area (Å²) in [5.41, 5.74) is 6.68. The summed E-state index contributed by atoms with van der Waals surface area (Å²) in [5.74, 6) is 0. The fourth-order valence-electron chi connectivity index (χ4n) is 1.94. The third kappa shape index (κ3) is 2.19. The Morgan fingerprint density at radius 1 is 1.73 bits per heavy atom. The lowest BCUT2D eigenvalue weighted by Gasteiger charge is -2.26. The van der Waals surface area contributed by atoms with Crippen LogP contribution in [0.3, 0.4) is 0 Å². The minimum atomic E-state index is -0.352. The second kappa shape index (κ2) is 4.74.